The average molecular weight is 1060 g/mol. The average Bonchev–Trinajstić information content (AvgIpc) is 1.52. The number of fused-ring (bicyclic) bond motifs is 6. The normalized spacial score (nSPS) is 11.7. The summed E-state index contributed by atoms with van der Waals surface area (Å²) in [5.74, 6) is 0. The molecule has 0 amide bonds. The van der Waals surface area contributed by atoms with E-state index in [9.17, 15) is 0 Å². The highest BCUT2D eigenvalue weighted by Gasteiger charge is 2.30. The molecule has 84 heavy (non-hydrogen) atoms. The Hall–Kier alpha value is -5.32. The lowest BCUT2D eigenvalue weighted by atomic mass is 9.55. The van der Waals surface area contributed by atoms with Crippen LogP contribution in [0.3, 0.4) is 0 Å². The fourth-order valence-electron chi connectivity index (χ4n) is 15.8. The van der Waals surface area contributed by atoms with Gasteiger partial charge in [-0.15, -0.1) is 55.0 Å². The maximum absolute atomic E-state index is 7.01. The monoisotopic (exact) mass is 1070 g/mol. The molecule has 3 nitrogen and oxygen atoms in total. The Morgan fingerprint density at radius 1 is 0.274 bits per heavy atom. The largest absolute Gasteiger partial charge is 0.452 e. The van der Waals surface area contributed by atoms with Gasteiger partial charge in [0, 0.05) is 14.8 Å². The molecule has 0 aliphatic carbocycles. The lowest BCUT2D eigenvalue weighted by Crippen LogP contribution is -2.57. The van der Waals surface area contributed by atoms with Gasteiger partial charge in [0.15, 0.2) is 5.58 Å². The van der Waals surface area contributed by atoms with E-state index in [0.717, 1.165) is 33.3 Å². The van der Waals surface area contributed by atoms with E-state index in [2.05, 4.69) is 238 Å². The molecule has 0 radical (unpaired) electrons. The van der Waals surface area contributed by atoms with Crippen LogP contribution >= 0.6 is 11.3 Å². The third-order valence-electron chi connectivity index (χ3n) is 22.7. The third-order valence-corrected chi connectivity index (χ3v) is 24.0. The van der Waals surface area contributed by atoms with Gasteiger partial charge in [0.05, 0.1) is 0 Å². The van der Waals surface area contributed by atoms with E-state index in [1.807, 2.05) is 11.3 Å². The predicted molar refractivity (Wildman–Crippen MR) is 464 cm³/mol. The predicted octanol–water partition coefficient (Wildman–Crippen LogP) is -34.0. The van der Waals surface area contributed by atoms with Gasteiger partial charge < -0.3 is 4.42 Å². The van der Waals surface area contributed by atoms with E-state index in [-0.39, 0.29) is 0 Å². The first-order chi connectivity index (χ1) is 39.4. The van der Waals surface area contributed by atoms with E-state index in [1.54, 1.807) is 6.33 Å². The smallest absolute Gasteiger partial charge is 0.180 e. The fourth-order valence-corrected chi connectivity index (χ4v) is 17.4. The molecule has 11 aromatic rings. The summed E-state index contributed by atoms with van der Waals surface area (Å²) in [4.78, 5) is 10.2. The van der Waals surface area contributed by atoms with Gasteiger partial charge in [0.25, 0.3) is 0 Å². The van der Waals surface area contributed by atoms with E-state index in [4.69, 9.17) is 14.4 Å². The second kappa shape index (κ2) is 21.2. The number of hydrogen-bond donors (Lipinski definition) is 0. The number of furan rings is 1. The Morgan fingerprint density at radius 3 is 1.05 bits per heavy atom. The Balaban J connectivity index is 1.11. The summed E-state index contributed by atoms with van der Waals surface area (Å²) >= 11 is 2.00. The van der Waals surface area contributed by atoms with Crippen molar-refractivity contribution >= 4 is 426 Å². The molecular weight excluding hydrogens is 1000 g/mol. The van der Waals surface area contributed by atoms with Crippen molar-refractivity contribution in [2.45, 2.75) is 0 Å². The molecule has 0 atom stereocenters. The zero-order chi connectivity index (χ0) is 61.4. The highest BCUT2D eigenvalue weighted by atomic mass is 32.1. The first kappa shape index (κ1) is 60.4. The zero-order valence-corrected chi connectivity index (χ0v) is 56.8. The molecule has 0 saturated carbocycles. The first-order valence-corrected chi connectivity index (χ1v) is 31.3. The van der Waals surface area contributed by atoms with E-state index in [1.165, 1.54) is 229 Å². The van der Waals surface area contributed by atoms with Crippen LogP contribution < -0.4 is 153 Å². The van der Waals surface area contributed by atoms with Crippen molar-refractivity contribution in [2.75, 3.05) is 0 Å². The first-order valence-electron chi connectivity index (χ1n) is 30.5. The summed E-state index contributed by atoms with van der Waals surface area (Å²) in [5, 5.41) is 3.79. The lowest BCUT2D eigenvalue weighted by Gasteiger charge is -2.29. The van der Waals surface area contributed by atoms with Crippen molar-refractivity contribution in [1.82, 2.24) is 9.97 Å². The summed E-state index contributed by atoms with van der Waals surface area (Å²) in [6.45, 7) is 0. The second-order valence-electron chi connectivity index (χ2n) is 26.0. The molecule has 0 aliphatic heterocycles. The Morgan fingerprint density at radius 2 is 0.595 bits per heavy atom. The molecule has 374 valence electrons. The van der Waals surface area contributed by atoms with Crippen LogP contribution in [0.25, 0.3) is 109 Å². The minimum absolute atomic E-state index is 0.730. The molecule has 0 aliphatic rings. The van der Waals surface area contributed by atoms with Gasteiger partial charge in [-0.25, -0.2) is 9.97 Å². The lowest BCUT2D eigenvalue weighted by molar-refractivity contribution is 0.667. The van der Waals surface area contributed by atoms with Crippen LogP contribution in [0.5, 0.6) is 0 Å². The minimum atomic E-state index is 0.730. The molecule has 0 spiro atoms. The van der Waals surface area contributed by atoms with Crippen molar-refractivity contribution in [2.24, 2.45) is 0 Å². The molecule has 11 rings (SSSR count). The standard InChI is InChI=1S/C52H60B28N2OS/c53-20-9(10-26(59)28(61)12(29(62)27(10)60)14-32(65)43(76)46(79)44(77)33(14)66)35(68)47(80)52-17(20)18-37(70)40(73)36(69)16(51(18)84-52)15-21(54)19(38(71)39(72)34(15)67)49-50-48(81-4-82-49)6-3-5(1-2-7(6)83-50)8-22(55)24(57)11(25(58)23(8)56)13-30(63)41(74)45(78)42(75)31(13)64/h1-4H,53-80H2. The summed E-state index contributed by atoms with van der Waals surface area (Å²) < 4.78 is 9.77. The topological polar surface area (TPSA) is 38.9 Å². The van der Waals surface area contributed by atoms with Gasteiger partial charge in [-0.1, -0.05) is 115 Å². The number of benzene rings is 8. The van der Waals surface area contributed by atoms with E-state index < -0.39 is 0 Å². The quantitative estimate of drug-likeness (QED) is 0.156. The zero-order valence-electron chi connectivity index (χ0n) is 56.0. The summed E-state index contributed by atoms with van der Waals surface area (Å²) in [7, 11) is 65.3. The number of thiophene rings is 1. The highest BCUT2D eigenvalue weighted by molar-refractivity contribution is 7.28. The van der Waals surface area contributed by atoms with Crippen molar-refractivity contribution in [1.29, 1.82) is 0 Å². The number of aromatic nitrogens is 2. The molecule has 0 saturated heterocycles. The van der Waals surface area contributed by atoms with Gasteiger partial charge in [-0.05, 0) is 84.1 Å². The fraction of sp³-hybridized carbons (Fsp3) is 0. The van der Waals surface area contributed by atoms with Gasteiger partial charge >= 0.3 is 0 Å². The molecule has 0 N–H and O–H groups in total. The molecule has 0 bridgehead atoms. The van der Waals surface area contributed by atoms with E-state index in [0.29, 0.717) is 0 Å². The highest BCUT2D eigenvalue weighted by Crippen LogP contribution is 2.38. The second-order valence-corrected chi connectivity index (χ2v) is 27.0. The van der Waals surface area contributed by atoms with Crippen LogP contribution in [-0.2, 0) is 0 Å². The van der Waals surface area contributed by atoms with Crippen LogP contribution in [0.15, 0.2) is 28.9 Å². The van der Waals surface area contributed by atoms with Gasteiger partial charge in [-0.3, -0.25) is 0 Å². The molecule has 0 unspecified atom stereocenters. The van der Waals surface area contributed by atoms with Crippen LogP contribution in [0.1, 0.15) is 0 Å². The van der Waals surface area contributed by atoms with E-state index >= 15 is 0 Å². The van der Waals surface area contributed by atoms with Crippen LogP contribution in [0.2, 0.25) is 0 Å². The van der Waals surface area contributed by atoms with Crippen LogP contribution in [0.4, 0.5) is 0 Å². The van der Waals surface area contributed by atoms with Crippen molar-refractivity contribution in [3.05, 3.63) is 24.5 Å². The minimum Gasteiger partial charge on any atom is -0.452 e. The maximum Gasteiger partial charge on any atom is 0.180 e. The maximum atomic E-state index is 7.01. The molecule has 0 fully saturated rings. The van der Waals surface area contributed by atoms with Crippen molar-refractivity contribution in [3.8, 4) is 66.9 Å². The Kier molecular flexibility index (Phi) is 15.3. The number of nitrogens with zero attached hydrogens (tertiary/aromatic N) is 2. The summed E-state index contributed by atoms with van der Waals surface area (Å²) in [5.41, 5.74) is 55.8. The van der Waals surface area contributed by atoms with Crippen LogP contribution in [-0.4, -0.2) is 230 Å². The molecule has 32 heteroatoms. The summed E-state index contributed by atoms with van der Waals surface area (Å²) in [6, 6.07) is 6.72. The van der Waals surface area contributed by atoms with Gasteiger partial charge in [-0.2, -0.15) is 0 Å². The molecule has 8 aromatic carbocycles. The van der Waals surface area contributed by atoms with Crippen molar-refractivity contribution < 1.29 is 4.42 Å². The van der Waals surface area contributed by atoms with Crippen molar-refractivity contribution in [3.63, 3.8) is 0 Å². The Bertz CT molecular complexity index is 4780. The van der Waals surface area contributed by atoms with Gasteiger partial charge in [0.2, 0.25) is 0 Å². The molecule has 3 aromatic heterocycles. The number of rotatable bonds is 6. The van der Waals surface area contributed by atoms with Crippen LogP contribution in [0, 0.1) is 0 Å². The molecule has 3 heterocycles. The number of hydrogen-bond acceptors (Lipinski definition) is 4. The van der Waals surface area contributed by atoms with Gasteiger partial charge in [0.1, 0.15) is 243 Å². The molecular formula is C52H60B28N2OS. The summed E-state index contributed by atoms with van der Waals surface area (Å²) in [6.07, 6.45) is 1.76. The third kappa shape index (κ3) is 8.32. The SMILES string of the molecule is Bc1c(B)c(B)c(-c2c(B)c(B)c(-c3ccc4oc5c(-c6c(B)c(B)c(B)c(-c7c(B)c(B)c(B)c8c7sc7c(B)c(B)c(-c9c(B)c(B)c(-c%10c(B)c(B)c(B)c(B)c%10B)c(B)c9B)c(B)c78)c6B)ncnc5c4c3)c(B)c2B)c(B)c1B. The Labute approximate surface area is 528 Å².